The first-order valence-electron chi connectivity index (χ1n) is 7.19. The van der Waals surface area contributed by atoms with Gasteiger partial charge in [-0.15, -0.1) is 0 Å². The zero-order valence-corrected chi connectivity index (χ0v) is 12.5. The summed E-state index contributed by atoms with van der Waals surface area (Å²) in [6.45, 7) is 5.11. The van der Waals surface area contributed by atoms with Crippen LogP contribution in [-0.4, -0.2) is 35.3 Å². The van der Waals surface area contributed by atoms with Crippen molar-refractivity contribution < 1.29 is 9.47 Å². The summed E-state index contributed by atoms with van der Waals surface area (Å²) in [5.41, 5.74) is 6.43. The molecule has 0 spiro atoms. The predicted octanol–water partition coefficient (Wildman–Crippen LogP) is 2.22. The fourth-order valence-electron chi connectivity index (χ4n) is 2.74. The van der Waals surface area contributed by atoms with Crippen LogP contribution in [0, 0.1) is 0 Å². The van der Waals surface area contributed by atoms with Crippen LogP contribution in [0.15, 0.2) is 6.33 Å². The summed E-state index contributed by atoms with van der Waals surface area (Å²) < 4.78 is 11.1. The van der Waals surface area contributed by atoms with Crippen LogP contribution in [0.3, 0.4) is 0 Å². The number of anilines is 2. The van der Waals surface area contributed by atoms with Crippen molar-refractivity contribution in [2.24, 2.45) is 0 Å². The second kappa shape index (κ2) is 6.26. The number of rotatable bonds is 5. The molecule has 1 saturated heterocycles. The molecular weight excluding hydrogens is 256 g/mol. The summed E-state index contributed by atoms with van der Waals surface area (Å²) >= 11 is 0. The summed E-state index contributed by atoms with van der Waals surface area (Å²) in [6, 6.07) is 0.311. The fourth-order valence-corrected chi connectivity index (χ4v) is 2.74. The van der Waals surface area contributed by atoms with E-state index in [0.29, 0.717) is 23.4 Å². The highest BCUT2D eigenvalue weighted by atomic mass is 16.5. The molecule has 1 aromatic rings. The number of nitrogens with two attached hydrogens (primary N) is 1. The third-order valence-electron chi connectivity index (χ3n) is 4.16. The van der Waals surface area contributed by atoms with Crippen LogP contribution in [0.1, 0.15) is 39.5 Å². The van der Waals surface area contributed by atoms with E-state index in [-0.39, 0.29) is 5.60 Å². The van der Waals surface area contributed by atoms with E-state index in [0.717, 1.165) is 32.3 Å². The highest BCUT2D eigenvalue weighted by Crippen LogP contribution is 2.34. The molecule has 0 bridgehead atoms. The molecule has 1 aromatic heterocycles. The van der Waals surface area contributed by atoms with Gasteiger partial charge >= 0.3 is 0 Å². The fraction of sp³-hybridized carbons (Fsp3) is 0.714. The van der Waals surface area contributed by atoms with Gasteiger partial charge in [-0.25, -0.2) is 4.98 Å². The predicted molar refractivity (Wildman–Crippen MR) is 78.9 cm³/mol. The first-order valence-corrected chi connectivity index (χ1v) is 7.19. The summed E-state index contributed by atoms with van der Waals surface area (Å²) in [5.74, 6) is 1.05. The Labute approximate surface area is 120 Å². The molecular formula is C14H24N4O2. The van der Waals surface area contributed by atoms with E-state index in [1.807, 2.05) is 0 Å². The molecule has 3 N–H and O–H groups in total. The Morgan fingerprint density at radius 2 is 2.20 bits per heavy atom. The molecule has 1 aliphatic rings. The summed E-state index contributed by atoms with van der Waals surface area (Å²) in [7, 11) is 1.55. The van der Waals surface area contributed by atoms with E-state index in [9.17, 15) is 0 Å². The van der Waals surface area contributed by atoms with Gasteiger partial charge in [-0.05, 0) is 25.7 Å². The Kier molecular flexibility index (Phi) is 4.65. The van der Waals surface area contributed by atoms with Crippen LogP contribution >= 0.6 is 0 Å². The molecule has 0 radical (unpaired) electrons. The van der Waals surface area contributed by atoms with E-state index in [1.54, 1.807) is 7.11 Å². The second-order valence-electron chi connectivity index (χ2n) is 5.22. The maximum atomic E-state index is 6.00. The van der Waals surface area contributed by atoms with Gasteiger partial charge in [0.2, 0.25) is 5.88 Å². The highest BCUT2D eigenvalue weighted by Gasteiger charge is 2.34. The van der Waals surface area contributed by atoms with Gasteiger partial charge in [0.1, 0.15) is 12.0 Å². The molecule has 2 heterocycles. The standard InChI is InChI=1S/C14H24N4O2/c1-4-14(5-2)8-10(6-7-20-14)18-12-11(15)13(19-3)17-9-16-12/h9-10H,4-8,15H2,1-3H3,(H,16,17,18). The number of hydrogen-bond acceptors (Lipinski definition) is 6. The molecule has 0 aliphatic carbocycles. The second-order valence-corrected chi connectivity index (χ2v) is 5.22. The van der Waals surface area contributed by atoms with Crippen molar-refractivity contribution in [1.29, 1.82) is 0 Å². The van der Waals surface area contributed by atoms with Crippen LogP contribution in [0.5, 0.6) is 5.88 Å². The number of nitrogens with zero attached hydrogens (tertiary/aromatic N) is 2. The van der Waals surface area contributed by atoms with Crippen LogP contribution in [-0.2, 0) is 4.74 Å². The monoisotopic (exact) mass is 280 g/mol. The molecule has 0 amide bonds. The Morgan fingerprint density at radius 1 is 1.45 bits per heavy atom. The number of nitrogens with one attached hydrogen (secondary N) is 1. The summed E-state index contributed by atoms with van der Waals surface area (Å²) in [4.78, 5) is 8.20. The molecule has 0 aromatic carbocycles. The number of hydrogen-bond donors (Lipinski definition) is 2. The molecule has 6 heteroatoms. The van der Waals surface area contributed by atoms with E-state index in [4.69, 9.17) is 15.2 Å². The molecule has 6 nitrogen and oxygen atoms in total. The minimum atomic E-state index is -0.0260. The summed E-state index contributed by atoms with van der Waals surface area (Å²) in [6.07, 6.45) is 5.41. The molecule has 0 saturated carbocycles. The molecule has 1 aliphatic heterocycles. The Hall–Kier alpha value is -1.56. The van der Waals surface area contributed by atoms with Crippen molar-refractivity contribution in [1.82, 2.24) is 9.97 Å². The SMILES string of the molecule is CCC1(CC)CC(Nc2ncnc(OC)c2N)CCO1. The smallest absolute Gasteiger partial charge is 0.242 e. The molecule has 1 atom stereocenters. The molecule has 2 rings (SSSR count). The first kappa shape index (κ1) is 14.8. The average Bonchev–Trinajstić information content (AvgIpc) is 2.49. The Balaban J connectivity index is 2.10. The van der Waals surface area contributed by atoms with Crippen LogP contribution in [0.4, 0.5) is 11.5 Å². The lowest BCUT2D eigenvalue weighted by Crippen LogP contribution is -2.43. The topological polar surface area (TPSA) is 82.3 Å². The zero-order valence-electron chi connectivity index (χ0n) is 12.5. The van der Waals surface area contributed by atoms with E-state index >= 15 is 0 Å². The van der Waals surface area contributed by atoms with Crippen molar-refractivity contribution >= 4 is 11.5 Å². The normalized spacial score (nSPS) is 21.4. The molecule has 1 unspecified atom stereocenters. The van der Waals surface area contributed by atoms with Crippen molar-refractivity contribution in [3.63, 3.8) is 0 Å². The van der Waals surface area contributed by atoms with Gasteiger partial charge in [0, 0.05) is 12.6 Å². The average molecular weight is 280 g/mol. The molecule has 112 valence electrons. The van der Waals surface area contributed by atoms with E-state index in [1.165, 1.54) is 6.33 Å². The van der Waals surface area contributed by atoms with Crippen molar-refractivity contribution in [2.45, 2.75) is 51.2 Å². The maximum absolute atomic E-state index is 6.00. The number of ether oxygens (including phenoxy) is 2. The largest absolute Gasteiger partial charge is 0.479 e. The first-order chi connectivity index (χ1) is 9.64. The minimum Gasteiger partial charge on any atom is -0.479 e. The van der Waals surface area contributed by atoms with Gasteiger partial charge in [0.05, 0.1) is 12.7 Å². The van der Waals surface area contributed by atoms with Crippen molar-refractivity contribution in [2.75, 3.05) is 24.8 Å². The number of methoxy groups -OCH3 is 1. The van der Waals surface area contributed by atoms with Gasteiger partial charge in [-0.1, -0.05) is 13.8 Å². The van der Waals surface area contributed by atoms with Gasteiger partial charge in [0.15, 0.2) is 5.82 Å². The minimum absolute atomic E-state index is 0.0260. The van der Waals surface area contributed by atoms with Gasteiger partial charge in [-0.2, -0.15) is 4.98 Å². The lowest BCUT2D eigenvalue weighted by atomic mass is 9.86. The third kappa shape index (κ3) is 2.95. The van der Waals surface area contributed by atoms with Crippen LogP contribution in [0.2, 0.25) is 0 Å². The molecule has 20 heavy (non-hydrogen) atoms. The third-order valence-corrected chi connectivity index (χ3v) is 4.16. The van der Waals surface area contributed by atoms with Crippen molar-refractivity contribution in [3.05, 3.63) is 6.33 Å². The van der Waals surface area contributed by atoms with Gasteiger partial charge in [0.25, 0.3) is 0 Å². The van der Waals surface area contributed by atoms with E-state index in [2.05, 4.69) is 29.1 Å². The lowest BCUT2D eigenvalue weighted by Gasteiger charge is -2.40. The number of aromatic nitrogens is 2. The zero-order chi connectivity index (χ0) is 14.6. The quantitative estimate of drug-likeness (QED) is 0.860. The van der Waals surface area contributed by atoms with Crippen LogP contribution < -0.4 is 15.8 Å². The maximum Gasteiger partial charge on any atom is 0.242 e. The van der Waals surface area contributed by atoms with Gasteiger partial charge in [-0.3, -0.25) is 0 Å². The van der Waals surface area contributed by atoms with Gasteiger partial charge < -0.3 is 20.5 Å². The highest BCUT2D eigenvalue weighted by molar-refractivity contribution is 5.66. The van der Waals surface area contributed by atoms with Crippen molar-refractivity contribution in [3.8, 4) is 5.88 Å². The summed E-state index contributed by atoms with van der Waals surface area (Å²) in [5, 5.41) is 3.41. The Bertz CT molecular complexity index is 449. The van der Waals surface area contributed by atoms with E-state index < -0.39 is 0 Å². The molecule has 1 fully saturated rings. The Morgan fingerprint density at radius 3 is 2.85 bits per heavy atom. The van der Waals surface area contributed by atoms with Crippen LogP contribution in [0.25, 0.3) is 0 Å². The lowest BCUT2D eigenvalue weighted by molar-refractivity contribution is -0.0864. The number of nitrogen functional groups attached to an aromatic ring is 1.